The van der Waals surface area contributed by atoms with Crippen LogP contribution in [0.25, 0.3) is 0 Å². The Balaban J connectivity index is 3.27. The molecule has 0 spiro atoms. The molecule has 27 heavy (non-hydrogen) atoms. The van der Waals surface area contributed by atoms with Crippen molar-refractivity contribution in [2.45, 2.75) is 97.3 Å². The second-order valence-electron chi connectivity index (χ2n) is 9.08. The number of carboxylic acids is 1. The summed E-state index contributed by atoms with van der Waals surface area (Å²) in [5.74, 6) is -2.16. The van der Waals surface area contributed by atoms with Gasteiger partial charge >= 0.3 is 18.0 Å². The zero-order valence-electron chi connectivity index (χ0n) is 17.4. The van der Waals surface area contributed by atoms with Crippen molar-refractivity contribution in [1.82, 2.24) is 0 Å². The van der Waals surface area contributed by atoms with Crippen LogP contribution in [-0.4, -0.2) is 51.2 Å². The van der Waals surface area contributed by atoms with E-state index in [1.54, 1.807) is 41.5 Å². The van der Waals surface area contributed by atoms with Gasteiger partial charge in [-0.3, -0.25) is 0 Å². The highest BCUT2D eigenvalue weighted by Gasteiger charge is 2.44. The van der Waals surface area contributed by atoms with E-state index in [1.807, 2.05) is 0 Å². The third-order valence-corrected chi connectivity index (χ3v) is 4.15. The number of carbonyl (C=O) groups is 3. The Morgan fingerprint density at radius 3 is 1.81 bits per heavy atom. The maximum absolute atomic E-state index is 12.7. The Labute approximate surface area is 161 Å². The molecule has 154 valence electrons. The molecule has 0 aromatic carbocycles. The van der Waals surface area contributed by atoms with Crippen LogP contribution >= 0.6 is 0 Å². The molecule has 1 N–H and O–H groups in total. The fourth-order valence-corrected chi connectivity index (χ4v) is 3.18. The number of carboxylic acid groups (broad SMARTS) is 1. The fourth-order valence-electron chi connectivity index (χ4n) is 3.18. The molecule has 7 heteroatoms. The van der Waals surface area contributed by atoms with Crippen LogP contribution in [0.15, 0.2) is 0 Å². The van der Waals surface area contributed by atoms with Gasteiger partial charge in [-0.1, -0.05) is 25.7 Å². The average Bonchev–Trinajstić information content (AvgIpc) is 2.71. The summed E-state index contributed by atoms with van der Waals surface area (Å²) < 4.78 is 11.5. The van der Waals surface area contributed by atoms with Crippen LogP contribution in [0.3, 0.4) is 0 Å². The highest BCUT2D eigenvalue weighted by Crippen LogP contribution is 2.28. The Hall–Kier alpha value is -1.92. The van der Waals surface area contributed by atoms with Gasteiger partial charge < -0.3 is 14.6 Å². The lowest BCUT2D eigenvalue weighted by atomic mass is 9.91. The fraction of sp³-hybridized carbons (Fsp3) is 0.800. The summed E-state index contributed by atoms with van der Waals surface area (Å²) in [4.78, 5) is 37.1. The molecule has 1 rings (SSSR count). The number of ether oxygens (including phenoxy) is 2. The van der Waals surface area contributed by atoms with Gasteiger partial charge in [-0.15, -0.1) is 4.58 Å². The average molecular weight is 384 g/mol. The molecular weight excluding hydrogens is 350 g/mol. The van der Waals surface area contributed by atoms with E-state index in [-0.39, 0.29) is 5.92 Å². The lowest BCUT2D eigenvalue weighted by Crippen LogP contribution is -2.47. The number of esters is 1. The number of hydrogen-bond acceptors (Lipinski definition) is 5. The number of hydrogen-bond donors (Lipinski definition) is 1. The highest BCUT2D eigenvalue weighted by atomic mass is 16.6. The van der Waals surface area contributed by atoms with E-state index < -0.39 is 35.3 Å². The van der Waals surface area contributed by atoms with Crippen LogP contribution in [0.4, 0.5) is 4.79 Å². The first-order valence-electron chi connectivity index (χ1n) is 9.62. The maximum Gasteiger partial charge on any atom is 0.597 e. The van der Waals surface area contributed by atoms with Crippen LogP contribution in [-0.2, 0) is 19.1 Å². The largest absolute Gasteiger partial charge is 0.597 e. The van der Waals surface area contributed by atoms with Gasteiger partial charge in [0.1, 0.15) is 11.2 Å². The predicted molar refractivity (Wildman–Crippen MR) is 101 cm³/mol. The van der Waals surface area contributed by atoms with Crippen molar-refractivity contribution in [3.05, 3.63) is 0 Å². The number of nitrogens with zero attached hydrogens (tertiary/aromatic N) is 1. The molecule has 7 nitrogen and oxygen atoms in total. The summed E-state index contributed by atoms with van der Waals surface area (Å²) in [6, 6.07) is -1.16. The monoisotopic (exact) mass is 384 g/mol. The molecule has 0 saturated heterocycles. The van der Waals surface area contributed by atoms with Gasteiger partial charge in [0.25, 0.3) is 12.3 Å². The first kappa shape index (κ1) is 23.1. The molecule has 1 saturated carbocycles. The van der Waals surface area contributed by atoms with Gasteiger partial charge in [-0.05, 0) is 54.4 Å². The zero-order valence-corrected chi connectivity index (χ0v) is 17.4. The molecule has 1 aliphatic carbocycles. The molecule has 0 aromatic heterocycles. The molecule has 1 atom stereocenters. The summed E-state index contributed by atoms with van der Waals surface area (Å²) in [6.45, 7) is 10.2. The van der Waals surface area contributed by atoms with Gasteiger partial charge in [-0.25, -0.2) is 9.59 Å². The van der Waals surface area contributed by atoms with Gasteiger partial charge in [0.15, 0.2) is 0 Å². The van der Waals surface area contributed by atoms with E-state index in [9.17, 15) is 19.5 Å². The predicted octanol–water partition coefficient (Wildman–Crippen LogP) is 3.77. The van der Waals surface area contributed by atoms with Gasteiger partial charge in [0, 0.05) is 5.92 Å². The topological polar surface area (TPSA) is 92.9 Å². The van der Waals surface area contributed by atoms with Crippen molar-refractivity contribution in [3.63, 3.8) is 0 Å². The third-order valence-electron chi connectivity index (χ3n) is 4.15. The van der Waals surface area contributed by atoms with Crippen molar-refractivity contribution in [1.29, 1.82) is 0 Å². The van der Waals surface area contributed by atoms with Gasteiger partial charge in [0.05, 0.1) is 0 Å². The molecule has 0 aliphatic heterocycles. The van der Waals surface area contributed by atoms with E-state index >= 15 is 0 Å². The molecule has 1 amide bonds. The standard InChI is InChI=1S/C20H33NO6/c1-19(2,3)26-15(22)13-21(18(25)27-20(4,5)6)16(17(23)24)14-11-9-7-8-10-12-14/h13-14,16H,7-12H2,1-6H3/p+1/t16-/m0/s1. The van der Waals surface area contributed by atoms with E-state index in [0.29, 0.717) is 12.8 Å². The highest BCUT2D eigenvalue weighted by molar-refractivity contribution is 6.22. The minimum atomic E-state index is -1.16. The van der Waals surface area contributed by atoms with Gasteiger partial charge in [-0.2, -0.15) is 4.79 Å². The molecule has 0 heterocycles. The number of amides is 1. The Kier molecular flexibility index (Phi) is 7.99. The summed E-state index contributed by atoms with van der Waals surface area (Å²) in [7, 11) is 0. The molecular formula is C20H34NO6+. The van der Waals surface area contributed by atoms with E-state index in [1.165, 1.54) is 0 Å². The van der Waals surface area contributed by atoms with Crippen molar-refractivity contribution >= 4 is 24.2 Å². The second-order valence-corrected chi connectivity index (χ2v) is 9.08. The summed E-state index contributed by atoms with van der Waals surface area (Å²) in [6.07, 6.45) is 5.37. The van der Waals surface area contributed by atoms with Crippen LogP contribution in [0.2, 0.25) is 0 Å². The van der Waals surface area contributed by atoms with Gasteiger partial charge in [0.2, 0.25) is 0 Å². The number of carbonyl (C=O) groups excluding carboxylic acids is 2. The smallest absolute Gasteiger partial charge is 0.476 e. The molecule has 0 bridgehead atoms. The summed E-state index contributed by atoms with van der Waals surface area (Å²) >= 11 is 0. The van der Waals surface area contributed by atoms with E-state index in [4.69, 9.17) is 9.47 Å². The van der Waals surface area contributed by atoms with Crippen LogP contribution in [0, 0.1) is 5.92 Å². The summed E-state index contributed by atoms with van der Waals surface area (Å²) in [5.41, 5.74) is -1.57. The van der Waals surface area contributed by atoms with Crippen molar-refractivity contribution in [2.24, 2.45) is 5.92 Å². The van der Waals surface area contributed by atoms with Crippen molar-refractivity contribution < 1.29 is 33.5 Å². The number of aliphatic carboxylic acids is 1. The zero-order chi connectivity index (χ0) is 20.8. The molecule has 0 aromatic rings. The first-order valence-corrected chi connectivity index (χ1v) is 9.62. The molecule has 1 fully saturated rings. The summed E-state index contributed by atoms with van der Waals surface area (Å²) in [5, 5.41) is 9.86. The quantitative estimate of drug-likeness (QED) is 0.343. The maximum atomic E-state index is 12.7. The van der Waals surface area contributed by atoms with Crippen molar-refractivity contribution in [2.75, 3.05) is 0 Å². The third kappa shape index (κ3) is 8.54. The number of rotatable bonds is 4. The van der Waals surface area contributed by atoms with Crippen molar-refractivity contribution in [3.8, 4) is 0 Å². The SMILES string of the molecule is CC(C)(C)OC(=O)C=[N+](C(=O)OC(C)(C)C)[C@H](C(=O)O)C1CCCCCC1. The lowest BCUT2D eigenvalue weighted by molar-refractivity contribution is -0.486. The van der Waals surface area contributed by atoms with E-state index in [2.05, 4.69) is 0 Å². The molecule has 1 aliphatic rings. The molecule has 0 unspecified atom stereocenters. The van der Waals surface area contributed by atoms with Crippen LogP contribution < -0.4 is 0 Å². The molecule has 0 radical (unpaired) electrons. The van der Waals surface area contributed by atoms with Crippen LogP contribution in [0.5, 0.6) is 0 Å². The lowest BCUT2D eigenvalue weighted by Gasteiger charge is -2.23. The van der Waals surface area contributed by atoms with Crippen LogP contribution in [0.1, 0.15) is 80.1 Å². The minimum absolute atomic E-state index is 0.240. The second kappa shape index (κ2) is 9.33. The minimum Gasteiger partial charge on any atom is -0.476 e. The van der Waals surface area contributed by atoms with E-state index in [0.717, 1.165) is 36.5 Å². The Morgan fingerprint density at radius 1 is 0.926 bits per heavy atom. The normalized spacial score (nSPS) is 18.4. The first-order chi connectivity index (χ1) is 12.3. The Morgan fingerprint density at radius 2 is 1.41 bits per heavy atom. The Bertz CT molecular complexity index is 574.